The molecule has 1 heterocycles. The van der Waals surface area contributed by atoms with Crippen molar-refractivity contribution in [3.8, 4) is 0 Å². The Hall–Kier alpha value is -1.39. The van der Waals surface area contributed by atoms with Crippen LogP contribution in [-0.2, 0) is 14.8 Å². The second kappa shape index (κ2) is 6.58. The zero-order chi connectivity index (χ0) is 16.4. The summed E-state index contributed by atoms with van der Waals surface area (Å²) < 4.78 is 30.5. The van der Waals surface area contributed by atoms with Gasteiger partial charge in [-0.15, -0.1) is 0 Å². The van der Waals surface area contributed by atoms with E-state index in [9.17, 15) is 18.0 Å². The van der Waals surface area contributed by atoms with Gasteiger partial charge in [0.05, 0.1) is 6.54 Å². The third kappa shape index (κ3) is 3.83. The maximum absolute atomic E-state index is 12.5. The Morgan fingerprint density at radius 3 is 2.33 bits per heavy atom. The fourth-order valence-electron chi connectivity index (χ4n) is 1.43. The summed E-state index contributed by atoms with van der Waals surface area (Å²) >= 11 is 2.88. The van der Waals surface area contributed by atoms with Crippen LogP contribution in [-0.4, -0.2) is 61.8 Å². The zero-order valence-corrected chi connectivity index (χ0v) is 14.1. The third-order valence-corrected chi connectivity index (χ3v) is 5.42. The quantitative estimate of drug-likeness (QED) is 0.780. The number of hydrogen-bond acceptors (Lipinski definition) is 5. The topological polar surface area (TPSA) is 108 Å². The first-order valence-corrected chi connectivity index (χ1v) is 8.07. The molecule has 118 valence electrons. The normalized spacial score (nSPS) is 11.7. The van der Waals surface area contributed by atoms with Gasteiger partial charge in [0.25, 0.3) is 0 Å². The minimum Gasteiger partial charge on any atom is -0.475 e. The average molecular weight is 383 g/mol. The predicted molar refractivity (Wildman–Crippen MR) is 76.5 cm³/mol. The number of amides is 1. The van der Waals surface area contributed by atoms with Crippen molar-refractivity contribution in [1.29, 1.82) is 0 Å². The zero-order valence-electron chi connectivity index (χ0n) is 11.7. The van der Waals surface area contributed by atoms with Gasteiger partial charge in [-0.05, 0) is 15.9 Å². The molecule has 0 unspecified atom stereocenters. The highest BCUT2D eigenvalue weighted by Crippen LogP contribution is 2.28. The van der Waals surface area contributed by atoms with Crippen molar-refractivity contribution in [2.45, 2.75) is 11.8 Å². The van der Waals surface area contributed by atoms with Gasteiger partial charge in [0, 0.05) is 26.7 Å². The predicted octanol–water partition coefficient (Wildman–Crippen LogP) is 0.839. The van der Waals surface area contributed by atoms with E-state index >= 15 is 0 Å². The number of sulfonamides is 1. The van der Waals surface area contributed by atoms with Crippen LogP contribution in [0.25, 0.3) is 0 Å². The van der Waals surface area contributed by atoms with Crippen LogP contribution in [0.15, 0.2) is 20.0 Å². The van der Waals surface area contributed by atoms with E-state index in [-0.39, 0.29) is 22.7 Å². The molecule has 0 aliphatic heterocycles. The molecule has 1 aromatic heterocycles. The molecule has 1 amide bonds. The van der Waals surface area contributed by atoms with Crippen molar-refractivity contribution >= 4 is 37.8 Å². The number of carboxylic acids is 1. The minimum atomic E-state index is -4.04. The van der Waals surface area contributed by atoms with Crippen LogP contribution in [0, 0.1) is 0 Å². The highest BCUT2D eigenvalue weighted by molar-refractivity contribution is 9.10. The minimum absolute atomic E-state index is 0.0575. The summed E-state index contributed by atoms with van der Waals surface area (Å²) in [6, 6.07) is 0.907. The largest absolute Gasteiger partial charge is 0.475 e. The lowest BCUT2D eigenvalue weighted by Gasteiger charge is -2.21. The number of carboxylic acid groups (broad SMARTS) is 1. The van der Waals surface area contributed by atoms with Crippen LogP contribution < -0.4 is 0 Å². The first-order chi connectivity index (χ1) is 9.61. The van der Waals surface area contributed by atoms with Gasteiger partial charge in [0.2, 0.25) is 21.7 Å². The van der Waals surface area contributed by atoms with E-state index in [4.69, 9.17) is 9.52 Å². The molecule has 21 heavy (non-hydrogen) atoms. The van der Waals surface area contributed by atoms with Crippen LogP contribution in [0.4, 0.5) is 0 Å². The lowest BCUT2D eigenvalue weighted by Crippen LogP contribution is -2.40. The molecular formula is C11H15BrN2O6S. The second-order valence-corrected chi connectivity index (χ2v) is 6.90. The van der Waals surface area contributed by atoms with E-state index in [2.05, 4.69) is 15.9 Å². The molecule has 0 saturated carbocycles. The lowest BCUT2D eigenvalue weighted by atomic mass is 10.5. The van der Waals surface area contributed by atoms with Crippen LogP contribution in [0.1, 0.15) is 17.5 Å². The molecule has 1 N–H and O–H groups in total. The molecule has 0 fully saturated rings. The number of furan rings is 1. The molecule has 0 bridgehead atoms. The van der Waals surface area contributed by atoms with E-state index in [1.807, 2.05) is 0 Å². The number of likely N-dealkylation sites (N-methyl/N-ethyl adjacent to an activating group) is 2. The SMILES string of the molecule is CCN(CC(=O)N(C)C)S(=O)(=O)c1cc(C(=O)O)oc1Br. The highest BCUT2D eigenvalue weighted by atomic mass is 79.9. The number of rotatable bonds is 6. The van der Waals surface area contributed by atoms with Gasteiger partial charge in [-0.2, -0.15) is 4.31 Å². The molecule has 10 heteroatoms. The summed E-state index contributed by atoms with van der Waals surface area (Å²) in [7, 11) is -1.02. The molecule has 1 rings (SSSR count). The Balaban J connectivity index is 3.19. The maximum atomic E-state index is 12.5. The maximum Gasteiger partial charge on any atom is 0.371 e. The third-order valence-electron chi connectivity index (χ3n) is 2.65. The summed E-state index contributed by atoms with van der Waals surface area (Å²) in [6.45, 7) is 1.29. The Bertz CT molecular complexity index is 652. The van der Waals surface area contributed by atoms with Crippen LogP contribution in [0.5, 0.6) is 0 Å². The number of hydrogen-bond donors (Lipinski definition) is 1. The number of carbonyl (C=O) groups is 2. The standard InChI is InChI=1S/C11H15BrN2O6S/c1-4-14(6-9(15)13(2)3)21(18,19)8-5-7(11(16)17)20-10(8)12/h5H,4,6H2,1-3H3,(H,16,17). The highest BCUT2D eigenvalue weighted by Gasteiger charge is 2.31. The monoisotopic (exact) mass is 382 g/mol. The first kappa shape index (κ1) is 17.7. The van der Waals surface area contributed by atoms with E-state index < -0.39 is 27.7 Å². The van der Waals surface area contributed by atoms with Crippen LogP contribution >= 0.6 is 15.9 Å². The molecule has 0 aromatic carbocycles. The van der Waals surface area contributed by atoms with Crippen molar-refractivity contribution in [1.82, 2.24) is 9.21 Å². The second-order valence-electron chi connectivity index (χ2n) is 4.27. The van der Waals surface area contributed by atoms with Gasteiger partial charge >= 0.3 is 5.97 Å². The van der Waals surface area contributed by atoms with Crippen LogP contribution in [0.2, 0.25) is 0 Å². The summed E-state index contributed by atoms with van der Waals surface area (Å²) in [6.07, 6.45) is 0. The van der Waals surface area contributed by atoms with Crippen molar-refractivity contribution < 1.29 is 27.5 Å². The molecule has 0 atom stereocenters. The van der Waals surface area contributed by atoms with Crippen LogP contribution in [0.3, 0.4) is 0 Å². The molecule has 0 aliphatic carbocycles. The Morgan fingerprint density at radius 1 is 1.38 bits per heavy atom. The van der Waals surface area contributed by atoms with Gasteiger partial charge in [-0.1, -0.05) is 6.92 Å². The summed E-state index contributed by atoms with van der Waals surface area (Å²) in [4.78, 5) is 23.4. The molecule has 0 saturated heterocycles. The van der Waals surface area contributed by atoms with E-state index in [0.29, 0.717) is 0 Å². The van der Waals surface area contributed by atoms with Crippen molar-refractivity contribution in [2.24, 2.45) is 0 Å². The number of carbonyl (C=O) groups excluding carboxylic acids is 1. The van der Waals surface area contributed by atoms with Crippen molar-refractivity contribution in [2.75, 3.05) is 27.2 Å². The number of aromatic carboxylic acids is 1. The van der Waals surface area contributed by atoms with Crippen molar-refractivity contribution in [3.05, 3.63) is 16.5 Å². The molecular weight excluding hydrogens is 368 g/mol. The number of nitrogens with zero attached hydrogens (tertiary/aromatic N) is 2. The molecule has 0 aliphatic rings. The summed E-state index contributed by atoms with van der Waals surface area (Å²) in [5.41, 5.74) is 0. The number of halogens is 1. The Kier molecular flexibility index (Phi) is 5.54. The van der Waals surface area contributed by atoms with Gasteiger partial charge in [0.1, 0.15) is 4.90 Å². The van der Waals surface area contributed by atoms with Gasteiger partial charge in [-0.3, -0.25) is 4.79 Å². The molecule has 0 spiro atoms. The smallest absolute Gasteiger partial charge is 0.371 e. The van der Waals surface area contributed by atoms with E-state index in [1.54, 1.807) is 6.92 Å². The molecule has 1 aromatic rings. The Labute approximate surface area is 130 Å². The van der Waals surface area contributed by atoms with Gasteiger partial charge in [-0.25, -0.2) is 13.2 Å². The van der Waals surface area contributed by atoms with E-state index in [1.165, 1.54) is 19.0 Å². The van der Waals surface area contributed by atoms with Crippen molar-refractivity contribution in [3.63, 3.8) is 0 Å². The molecule has 8 nitrogen and oxygen atoms in total. The summed E-state index contributed by atoms with van der Waals surface area (Å²) in [5.74, 6) is -2.28. The molecule has 0 radical (unpaired) electrons. The average Bonchev–Trinajstić information content (AvgIpc) is 2.78. The lowest BCUT2D eigenvalue weighted by molar-refractivity contribution is -0.128. The first-order valence-electron chi connectivity index (χ1n) is 5.84. The fourth-order valence-corrected chi connectivity index (χ4v) is 3.73. The van der Waals surface area contributed by atoms with E-state index in [0.717, 1.165) is 10.4 Å². The van der Waals surface area contributed by atoms with Gasteiger partial charge < -0.3 is 14.4 Å². The van der Waals surface area contributed by atoms with Gasteiger partial charge in [0.15, 0.2) is 4.67 Å². The summed E-state index contributed by atoms with van der Waals surface area (Å²) in [5, 5.41) is 8.82. The Morgan fingerprint density at radius 2 is 1.95 bits per heavy atom. The fraction of sp³-hybridized carbons (Fsp3) is 0.455.